The van der Waals surface area contributed by atoms with E-state index in [9.17, 15) is 22.8 Å². The number of benzene rings is 3. The van der Waals surface area contributed by atoms with E-state index in [0.29, 0.717) is 30.6 Å². The molecule has 4 rings (SSSR count). The van der Waals surface area contributed by atoms with Crippen LogP contribution in [0.5, 0.6) is 0 Å². The number of carbonyl (C=O) groups excluding carboxylic acids is 2. The molecule has 3 aromatic carbocycles. The normalized spacial score (nSPS) is 11.7. The predicted octanol–water partition coefficient (Wildman–Crippen LogP) is 7.32. The van der Waals surface area contributed by atoms with Crippen LogP contribution in [0.1, 0.15) is 40.9 Å². The number of para-hydroxylation sites is 1. The zero-order valence-corrected chi connectivity index (χ0v) is 23.9. The summed E-state index contributed by atoms with van der Waals surface area (Å²) in [6.45, 7) is 4.65. The number of H-pyrrole nitrogens is 1. The number of hydrogen-bond donors (Lipinski definition) is 1. The van der Waals surface area contributed by atoms with Gasteiger partial charge in [-0.05, 0) is 59.9 Å². The summed E-state index contributed by atoms with van der Waals surface area (Å²) in [5.74, 6) is -0.406. The Morgan fingerprint density at radius 1 is 0.950 bits per heavy atom. The summed E-state index contributed by atoms with van der Waals surface area (Å²) in [7, 11) is 0. The molecule has 0 aliphatic carbocycles. The minimum atomic E-state index is -4.44. The maximum atomic E-state index is 13.7. The number of nitrogens with one attached hydrogen (secondary N) is 1. The van der Waals surface area contributed by atoms with E-state index in [1.54, 1.807) is 28.0 Å². The lowest BCUT2D eigenvalue weighted by molar-refractivity contribution is -0.137. The van der Waals surface area contributed by atoms with E-state index in [1.807, 2.05) is 50.4 Å². The molecule has 1 N–H and O–H groups in total. The van der Waals surface area contributed by atoms with Crippen LogP contribution in [-0.2, 0) is 23.9 Å². The molecule has 40 heavy (non-hydrogen) atoms. The summed E-state index contributed by atoms with van der Waals surface area (Å²) < 4.78 is 40.0. The van der Waals surface area contributed by atoms with E-state index in [0.717, 1.165) is 33.1 Å². The van der Waals surface area contributed by atoms with Gasteiger partial charge in [0.25, 0.3) is 5.91 Å². The highest BCUT2D eigenvalue weighted by atomic mass is 79.9. The minimum Gasteiger partial charge on any atom is -0.361 e. The molecule has 9 heteroatoms. The number of halogens is 4. The van der Waals surface area contributed by atoms with Crippen LogP contribution in [0.2, 0.25) is 0 Å². The number of alkyl halides is 3. The van der Waals surface area contributed by atoms with Gasteiger partial charge in [0.2, 0.25) is 5.91 Å². The molecule has 0 aliphatic heterocycles. The second-order valence-corrected chi connectivity index (χ2v) is 11.1. The lowest BCUT2D eigenvalue weighted by Crippen LogP contribution is -2.44. The first kappa shape index (κ1) is 29.4. The molecule has 210 valence electrons. The van der Waals surface area contributed by atoms with Gasteiger partial charge in [0.1, 0.15) is 6.54 Å². The Balaban J connectivity index is 1.57. The summed E-state index contributed by atoms with van der Waals surface area (Å²) in [6.07, 6.45) is -1.99. The summed E-state index contributed by atoms with van der Waals surface area (Å²) in [5.41, 5.74) is 2.33. The Morgan fingerprint density at radius 3 is 2.35 bits per heavy atom. The van der Waals surface area contributed by atoms with Crippen LogP contribution in [0, 0.1) is 5.92 Å². The van der Waals surface area contributed by atoms with Crippen molar-refractivity contribution in [2.75, 3.05) is 19.6 Å². The molecule has 0 radical (unpaired) electrons. The minimum absolute atomic E-state index is 0.124. The predicted molar refractivity (Wildman–Crippen MR) is 154 cm³/mol. The zero-order chi connectivity index (χ0) is 28.9. The molecule has 1 aromatic heterocycles. The Labute approximate surface area is 240 Å². The van der Waals surface area contributed by atoms with Crippen LogP contribution >= 0.6 is 15.9 Å². The molecule has 0 spiro atoms. The molecular formula is C31H31BrF3N3O2. The zero-order valence-electron chi connectivity index (χ0n) is 22.3. The van der Waals surface area contributed by atoms with Crippen molar-refractivity contribution >= 4 is 38.6 Å². The number of nitrogens with zero attached hydrogens (tertiary/aromatic N) is 2. The topological polar surface area (TPSA) is 56.4 Å². The number of aromatic amines is 1. The van der Waals surface area contributed by atoms with Crippen LogP contribution < -0.4 is 0 Å². The third-order valence-corrected chi connectivity index (χ3v) is 7.10. The number of fused-ring (bicyclic) bond motifs is 1. The van der Waals surface area contributed by atoms with E-state index in [4.69, 9.17) is 0 Å². The maximum Gasteiger partial charge on any atom is 0.416 e. The molecular weight excluding hydrogens is 583 g/mol. The van der Waals surface area contributed by atoms with Gasteiger partial charge in [0, 0.05) is 46.8 Å². The van der Waals surface area contributed by atoms with Gasteiger partial charge in [-0.2, -0.15) is 13.2 Å². The number of amides is 2. The Hall–Kier alpha value is -3.59. The average molecular weight is 615 g/mol. The van der Waals surface area contributed by atoms with Crippen molar-refractivity contribution in [2.45, 2.75) is 33.0 Å². The lowest BCUT2D eigenvalue weighted by atomic mass is 10.1. The first-order chi connectivity index (χ1) is 19.0. The van der Waals surface area contributed by atoms with Crippen molar-refractivity contribution in [3.05, 3.63) is 106 Å². The quantitative estimate of drug-likeness (QED) is 0.204. The fraction of sp³-hybridized carbons (Fsp3) is 0.290. The molecule has 5 nitrogen and oxygen atoms in total. The summed E-state index contributed by atoms with van der Waals surface area (Å²) >= 11 is 3.40. The van der Waals surface area contributed by atoms with E-state index in [-0.39, 0.29) is 30.8 Å². The second-order valence-electron chi connectivity index (χ2n) is 10.2. The van der Waals surface area contributed by atoms with Crippen LogP contribution in [0.15, 0.2) is 83.5 Å². The first-order valence-electron chi connectivity index (χ1n) is 13.0. The summed E-state index contributed by atoms with van der Waals surface area (Å²) in [4.78, 5) is 33.5. The summed E-state index contributed by atoms with van der Waals surface area (Å²) in [6, 6.07) is 19.7. The molecule has 0 fully saturated rings. The van der Waals surface area contributed by atoms with Crippen molar-refractivity contribution < 1.29 is 22.8 Å². The number of aromatic nitrogens is 1. The van der Waals surface area contributed by atoms with Gasteiger partial charge in [0.15, 0.2) is 0 Å². The third kappa shape index (κ3) is 7.53. The van der Waals surface area contributed by atoms with Crippen LogP contribution in [-0.4, -0.2) is 46.2 Å². The monoisotopic (exact) mass is 613 g/mol. The van der Waals surface area contributed by atoms with Crippen molar-refractivity contribution in [2.24, 2.45) is 5.92 Å². The van der Waals surface area contributed by atoms with E-state index in [1.165, 1.54) is 12.1 Å². The van der Waals surface area contributed by atoms with Gasteiger partial charge in [0.05, 0.1) is 5.56 Å². The van der Waals surface area contributed by atoms with Crippen molar-refractivity contribution in [3.63, 3.8) is 0 Å². The third-order valence-electron chi connectivity index (χ3n) is 6.60. The van der Waals surface area contributed by atoms with Gasteiger partial charge in [-0.25, -0.2) is 0 Å². The Kier molecular flexibility index (Phi) is 9.35. The van der Waals surface area contributed by atoms with Crippen molar-refractivity contribution in [1.82, 2.24) is 14.8 Å². The molecule has 0 unspecified atom stereocenters. The SMILES string of the molecule is CC(C)CN(CC(=O)N(CCc1c[nH]c2ccccc12)Cc1ccc(C(F)(F)F)cc1)C(=O)c1cccc(Br)c1. The van der Waals surface area contributed by atoms with Gasteiger partial charge >= 0.3 is 6.18 Å². The molecule has 0 bridgehead atoms. The maximum absolute atomic E-state index is 13.7. The largest absolute Gasteiger partial charge is 0.416 e. The smallest absolute Gasteiger partial charge is 0.361 e. The van der Waals surface area contributed by atoms with Gasteiger partial charge in [-0.3, -0.25) is 9.59 Å². The number of carbonyl (C=O) groups is 2. The molecule has 0 saturated heterocycles. The highest BCUT2D eigenvalue weighted by Crippen LogP contribution is 2.29. The average Bonchev–Trinajstić information content (AvgIpc) is 3.32. The lowest BCUT2D eigenvalue weighted by Gasteiger charge is -2.29. The highest BCUT2D eigenvalue weighted by Gasteiger charge is 2.30. The molecule has 0 saturated carbocycles. The van der Waals surface area contributed by atoms with E-state index in [2.05, 4.69) is 20.9 Å². The van der Waals surface area contributed by atoms with Crippen molar-refractivity contribution in [3.8, 4) is 0 Å². The Morgan fingerprint density at radius 2 is 1.68 bits per heavy atom. The second kappa shape index (κ2) is 12.7. The summed E-state index contributed by atoms with van der Waals surface area (Å²) in [5, 5.41) is 1.05. The molecule has 4 aromatic rings. The van der Waals surface area contributed by atoms with Crippen LogP contribution in [0.4, 0.5) is 13.2 Å². The molecule has 0 atom stereocenters. The molecule has 0 aliphatic rings. The number of rotatable bonds is 10. The van der Waals surface area contributed by atoms with E-state index >= 15 is 0 Å². The van der Waals surface area contributed by atoms with Gasteiger partial charge < -0.3 is 14.8 Å². The molecule has 1 heterocycles. The Bertz CT molecular complexity index is 1460. The van der Waals surface area contributed by atoms with E-state index < -0.39 is 11.7 Å². The van der Waals surface area contributed by atoms with Crippen LogP contribution in [0.3, 0.4) is 0 Å². The van der Waals surface area contributed by atoms with Gasteiger partial charge in [-0.15, -0.1) is 0 Å². The first-order valence-corrected chi connectivity index (χ1v) is 13.8. The standard InChI is InChI=1S/C31H31BrF3N3O2/c1-21(2)18-38(30(40)23-6-5-7-26(32)16-23)20-29(39)37(19-22-10-12-25(13-11-22)31(33,34)35)15-14-24-17-36-28-9-4-3-8-27(24)28/h3-13,16-17,21,36H,14-15,18-20H2,1-2H3. The molecule has 2 amide bonds. The van der Waals surface area contributed by atoms with Crippen LogP contribution in [0.25, 0.3) is 10.9 Å². The van der Waals surface area contributed by atoms with Gasteiger partial charge in [-0.1, -0.05) is 66.2 Å². The van der Waals surface area contributed by atoms with Crippen molar-refractivity contribution in [1.29, 1.82) is 0 Å². The fourth-order valence-electron chi connectivity index (χ4n) is 4.63. The number of hydrogen-bond acceptors (Lipinski definition) is 2. The fourth-order valence-corrected chi connectivity index (χ4v) is 5.03. The highest BCUT2D eigenvalue weighted by molar-refractivity contribution is 9.10.